The molecule has 8 heteroatoms. The van der Waals surface area contributed by atoms with Gasteiger partial charge in [-0.25, -0.2) is 4.79 Å². The third-order valence-corrected chi connectivity index (χ3v) is 3.84. The Kier molecular flexibility index (Phi) is 8.60. The molecule has 0 aliphatic carbocycles. The maximum absolute atomic E-state index is 11.8. The molecule has 1 unspecified atom stereocenters. The number of rotatable bonds is 9. The van der Waals surface area contributed by atoms with Crippen molar-refractivity contribution in [2.75, 3.05) is 17.2 Å². The molecule has 2 aromatic rings. The van der Waals surface area contributed by atoms with Gasteiger partial charge in [0.2, 0.25) is 0 Å². The molecular weight excluding hydrogens is 380 g/mol. The van der Waals surface area contributed by atoms with Gasteiger partial charge in [-0.1, -0.05) is 6.07 Å². The Bertz CT molecular complexity index is 810. The normalized spacial score (nSPS) is 11.3. The third-order valence-electron chi connectivity index (χ3n) is 3.84. The first-order valence-electron chi connectivity index (χ1n) is 8.79. The number of ether oxygens (including phenoxy) is 1. The lowest BCUT2D eigenvalue weighted by Gasteiger charge is -2.20. The Labute approximate surface area is 171 Å². The zero-order chi connectivity index (χ0) is 20.0. The summed E-state index contributed by atoms with van der Waals surface area (Å²) >= 11 is 0. The highest BCUT2D eigenvalue weighted by molar-refractivity contribution is 5.95. The Morgan fingerprint density at radius 3 is 2.32 bits per heavy atom. The predicted molar refractivity (Wildman–Crippen MR) is 115 cm³/mol. The van der Waals surface area contributed by atoms with Crippen LogP contribution in [-0.4, -0.2) is 29.6 Å². The van der Waals surface area contributed by atoms with Gasteiger partial charge in [0.1, 0.15) is 11.6 Å². The van der Waals surface area contributed by atoms with E-state index in [1.54, 1.807) is 36.4 Å². The van der Waals surface area contributed by atoms with E-state index < -0.39 is 12.0 Å². The lowest BCUT2D eigenvalue weighted by molar-refractivity contribution is -0.138. The molecule has 0 spiro atoms. The van der Waals surface area contributed by atoms with Gasteiger partial charge >= 0.3 is 5.97 Å². The minimum atomic E-state index is -1.00. The van der Waals surface area contributed by atoms with E-state index >= 15 is 0 Å². The molecule has 2 aromatic carbocycles. The molecule has 0 amide bonds. The fourth-order valence-electron chi connectivity index (χ4n) is 2.62. The summed E-state index contributed by atoms with van der Waals surface area (Å²) < 4.78 is 5.68. The first-order chi connectivity index (χ1) is 12.8. The minimum absolute atomic E-state index is 0. The van der Waals surface area contributed by atoms with Gasteiger partial charge in [0.05, 0.1) is 12.3 Å². The fourth-order valence-corrected chi connectivity index (χ4v) is 2.62. The van der Waals surface area contributed by atoms with Crippen LogP contribution in [0.3, 0.4) is 0 Å². The summed E-state index contributed by atoms with van der Waals surface area (Å²) in [6.45, 7) is 6.41. The largest absolute Gasteiger partial charge is 0.492 e. The number of carboxylic acid groups (broad SMARTS) is 1. The monoisotopic (exact) mass is 406 g/mol. The molecule has 0 aliphatic heterocycles. The van der Waals surface area contributed by atoms with Crippen LogP contribution in [0.2, 0.25) is 0 Å². The number of hydrogen-bond donors (Lipinski definition) is 5. The second-order valence-corrected chi connectivity index (χ2v) is 6.39. The highest BCUT2D eigenvalue weighted by Gasteiger charge is 2.21. The van der Waals surface area contributed by atoms with E-state index in [0.29, 0.717) is 29.2 Å². The lowest BCUT2D eigenvalue weighted by atomic mass is 10.0. The maximum Gasteiger partial charge on any atom is 0.330 e. The van der Waals surface area contributed by atoms with Crippen LogP contribution >= 0.6 is 12.4 Å². The van der Waals surface area contributed by atoms with Crippen molar-refractivity contribution in [2.24, 2.45) is 5.73 Å². The highest BCUT2D eigenvalue weighted by Crippen LogP contribution is 2.31. The van der Waals surface area contributed by atoms with Gasteiger partial charge < -0.3 is 26.2 Å². The van der Waals surface area contributed by atoms with E-state index in [1.165, 1.54) is 0 Å². The first-order valence-corrected chi connectivity index (χ1v) is 8.79. The van der Waals surface area contributed by atoms with Crippen LogP contribution in [0.4, 0.5) is 11.4 Å². The number of nitrogens with one attached hydrogen (secondary N) is 3. The van der Waals surface area contributed by atoms with Crippen molar-refractivity contribution in [1.82, 2.24) is 0 Å². The molecule has 28 heavy (non-hydrogen) atoms. The molecular formula is C20H27ClN4O3. The van der Waals surface area contributed by atoms with Crippen molar-refractivity contribution >= 4 is 35.6 Å². The van der Waals surface area contributed by atoms with Crippen LogP contribution < -0.4 is 21.1 Å². The number of carboxylic acids is 1. The second-order valence-electron chi connectivity index (χ2n) is 6.39. The summed E-state index contributed by atoms with van der Waals surface area (Å²) in [4.78, 5) is 11.8. The molecule has 1 atom stereocenters. The summed E-state index contributed by atoms with van der Waals surface area (Å²) in [6, 6.07) is 11.4. The topological polar surface area (TPSA) is 120 Å². The number of carbonyl (C=O) groups is 1. The maximum atomic E-state index is 11.8. The van der Waals surface area contributed by atoms with Crippen molar-refractivity contribution in [3.63, 3.8) is 0 Å². The van der Waals surface area contributed by atoms with E-state index in [-0.39, 0.29) is 24.3 Å². The van der Waals surface area contributed by atoms with Crippen LogP contribution in [0.25, 0.3) is 0 Å². The predicted octanol–water partition coefficient (Wildman–Crippen LogP) is 3.85. The summed E-state index contributed by atoms with van der Waals surface area (Å²) in [7, 11) is 0. The number of hydrogen-bond acceptors (Lipinski definition) is 5. The lowest BCUT2D eigenvalue weighted by Crippen LogP contribution is -2.21. The average Bonchev–Trinajstić information content (AvgIpc) is 2.61. The van der Waals surface area contributed by atoms with Crippen molar-refractivity contribution in [3.8, 4) is 5.75 Å². The van der Waals surface area contributed by atoms with Gasteiger partial charge in [0.15, 0.2) is 6.04 Å². The molecule has 6 N–H and O–H groups in total. The minimum Gasteiger partial charge on any atom is -0.492 e. The summed E-state index contributed by atoms with van der Waals surface area (Å²) in [6.07, 6.45) is 0. The smallest absolute Gasteiger partial charge is 0.330 e. The van der Waals surface area contributed by atoms with Gasteiger partial charge in [-0.15, -0.1) is 12.4 Å². The van der Waals surface area contributed by atoms with Gasteiger partial charge in [0, 0.05) is 17.3 Å². The molecule has 0 heterocycles. The molecule has 0 aromatic heterocycles. The number of aliphatic carboxylic acids is 1. The summed E-state index contributed by atoms with van der Waals surface area (Å²) in [5, 5.41) is 23.4. The van der Waals surface area contributed by atoms with Gasteiger partial charge in [0.25, 0.3) is 0 Å². The molecule has 7 nitrogen and oxygen atoms in total. The fraction of sp³-hybridized carbons (Fsp3) is 0.300. The first kappa shape index (κ1) is 23.1. The molecule has 0 saturated heterocycles. The average molecular weight is 407 g/mol. The van der Waals surface area contributed by atoms with Gasteiger partial charge in [-0.3, -0.25) is 5.41 Å². The van der Waals surface area contributed by atoms with Crippen molar-refractivity contribution in [3.05, 3.63) is 53.6 Å². The van der Waals surface area contributed by atoms with Gasteiger partial charge in [-0.05, 0) is 62.7 Å². The van der Waals surface area contributed by atoms with Crippen LogP contribution in [0.1, 0.15) is 37.9 Å². The number of amidine groups is 1. The Balaban J connectivity index is 0.00000392. The Morgan fingerprint density at radius 1 is 1.18 bits per heavy atom. The zero-order valence-electron chi connectivity index (χ0n) is 16.2. The van der Waals surface area contributed by atoms with E-state index in [9.17, 15) is 9.90 Å². The van der Waals surface area contributed by atoms with Crippen molar-refractivity contribution in [2.45, 2.75) is 32.9 Å². The summed E-state index contributed by atoms with van der Waals surface area (Å²) in [5.41, 5.74) is 8.05. The van der Waals surface area contributed by atoms with Crippen LogP contribution in [0, 0.1) is 5.41 Å². The van der Waals surface area contributed by atoms with E-state index in [1.807, 2.05) is 26.8 Å². The molecule has 0 saturated carbocycles. The highest BCUT2D eigenvalue weighted by atomic mass is 35.5. The molecule has 152 valence electrons. The number of benzene rings is 2. The standard InChI is InChI=1S/C20H26N4O3.ClH/c1-4-27-17-11-14(7-10-16(17)23-12(2)3)18(20(25)26)24-15-8-5-13(6-9-15)19(21)22;/h5-12,18,23-24H,4H2,1-3H3,(H3,21,22)(H,25,26);1H. The zero-order valence-corrected chi connectivity index (χ0v) is 17.0. The van der Waals surface area contributed by atoms with Crippen LogP contribution in [0.15, 0.2) is 42.5 Å². The SMILES string of the molecule is CCOc1cc(C(Nc2ccc(C(=N)N)cc2)C(=O)O)ccc1NC(C)C.Cl. The number of anilines is 2. The molecule has 0 bridgehead atoms. The van der Waals surface area contributed by atoms with Crippen LogP contribution in [-0.2, 0) is 4.79 Å². The van der Waals surface area contributed by atoms with Gasteiger partial charge in [-0.2, -0.15) is 0 Å². The molecule has 0 radical (unpaired) electrons. The number of nitrogens with two attached hydrogens (primary N) is 1. The van der Waals surface area contributed by atoms with Crippen molar-refractivity contribution < 1.29 is 14.6 Å². The molecule has 0 fully saturated rings. The van der Waals surface area contributed by atoms with Crippen molar-refractivity contribution in [1.29, 1.82) is 5.41 Å². The Morgan fingerprint density at radius 2 is 1.82 bits per heavy atom. The third kappa shape index (κ3) is 6.06. The summed E-state index contributed by atoms with van der Waals surface area (Å²) in [5.74, 6) is -0.424. The van der Waals surface area contributed by atoms with E-state index in [4.69, 9.17) is 15.9 Å². The molecule has 2 rings (SSSR count). The number of halogens is 1. The quantitative estimate of drug-likeness (QED) is 0.318. The molecule has 0 aliphatic rings. The van der Waals surface area contributed by atoms with E-state index in [2.05, 4.69) is 10.6 Å². The number of nitrogen functional groups attached to an aromatic ring is 1. The van der Waals surface area contributed by atoms with Crippen LogP contribution in [0.5, 0.6) is 5.75 Å². The van der Waals surface area contributed by atoms with E-state index in [0.717, 1.165) is 5.69 Å². The second kappa shape index (κ2) is 10.4. The Hall–Kier alpha value is -2.93.